The Kier molecular flexibility index (Phi) is 4.85. The van der Waals surface area contributed by atoms with Gasteiger partial charge in [-0.25, -0.2) is 0 Å². The molecule has 0 radical (unpaired) electrons. The number of fused-ring (bicyclic) bond motifs is 1. The van der Waals surface area contributed by atoms with Crippen molar-refractivity contribution in [2.24, 2.45) is 5.92 Å². The number of methoxy groups -OCH3 is 1. The first kappa shape index (κ1) is 16.2. The van der Waals surface area contributed by atoms with Gasteiger partial charge in [-0.05, 0) is 37.3 Å². The van der Waals surface area contributed by atoms with Crippen LogP contribution in [0.15, 0.2) is 18.5 Å². The summed E-state index contributed by atoms with van der Waals surface area (Å²) in [5.41, 5.74) is 0.495. The molecule has 2 aliphatic rings. The fourth-order valence-electron chi connectivity index (χ4n) is 3.92. The standard InChI is InChI=1S/C18H26N2O3/c1-23-16-10-14(11-19-12-16)5-6-17(21)20-9-8-18(22)7-3-2-4-15(18)13-20/h10-12,15,22H,2-9,13H2,1H3. The van der Waals surface area contributed by atoms with Crippen LogP contribution in [0.25, 0.3) is 0 Å². The van der Waals surface area contributed by atoms with Gasteiger partial charge in [0, 0.05) is 31.6 Å². The van der Waals surface area contributed by atoms with E-state index in [9.17, 15) is 9.90 Å². The maximum Gasteiger partial charge on any atom is 0.222 e. The lowest BCUT2D eigenvalue weighted by atomic mass is 9.71. The normalized spacial score (nSPS) is 27.4. The lowest BCUT2D eigenvalue weighted by Crippen LogP contribution is -2.54. The summed E-state index contributed by atoms with van der Waals surface area (Å²) in [7, 11) is 1.62. The molecule has 0 spiro atoms. The predicted octanol–water partition coefficient (Wildman–Crippen LogP) is 2.18. The van der Waals surface area contributed by atoms with E-state index in [4.69, 9.17) is 4.74 Å². The van der Waals surface area contributed by atoms with E-state index >= 15 is 0 Å². The Balaban J connectivity index is 1.54. The maximum absolute atomic E-state index is 12.5. The van der Waals surface area contributed by atoms with Crippen LogP contribution in [0.5, 0.6) is 5.75 Å². The maximum atomic E-state index is 12.5. The second kappa shape index (κ2) is 6.87. The molecule has 3 rings (SSSR count). The Morgan fingerprint density at radius 1 is 1.43 bits per heavy atom. The molecule has 1 aliphatic carbocycles. The van der Waals surface area contributed by atoms with E-state index in [1.165, 1.54) is 6.42 Å². The van der Waals surface area contributed by atoms with Gasteiger partial charge < -0.3 is 14.7 Å². The number of pyridine rings is 1. The number of likely N-dealkylation sites (tertiary alicyclic amines) is 1. The van der Waals surface area contributed by atoms with Gasteiger partial charge in [0.05, 0.1) is 18.9 Å². The van der Waals surface area contributed by atoms with Crippen LogP contribution in [0.1, 0.15) is 44.1 Å². The number of piperidine rings is 1. The van der Waals surface area contributed by atoms with Crippen LogP contribution in [0.3, 0.4) is 0 Å². The molecule has 23 heavy (non-hydrogen) atoms. The van der Waals surface area contributed by atoms with E-state index in [-0.39, 0.29) is 11.8 Å². The molecule has 1 amide bonds. The Labute approximate surface area is 137 Å². The van der Waals surface area contributed by atoms with Crippen molar-refractivity contribution in [1.82, 2.24) is 9.88 Å². The number of rotatable bonds is 4. The first-order valence-electron chi connectivity index (χ1n) is 8.59. The number of nitrogens with zero attached hydrogens (tertiary/aromatic N) is 2. The second-order valence-electron chi connectivity index (χ2n) is 6.87. The molecule has 1 saturated carbocycles. The van der Waals surface area contributed by atoms with E-state index in [0.29, 0.717) is 25.9 Å². The summed E-state index contributed by atoms with van der Waals surface area (Å²) in [6, 6.07) is 1.93. The third-order valence-electron chi connectivity index (χ3n) is 5.41. The smallest absolute Gasteiger partial charge is 0.222 e. The van der Waals surface area contributed by atoms with Gasteiger partial charge in [0.1, 0.15) is 5.75 Å². The molecule has 1 N–H and O–H groups in total. The van der Waals surface area contributed by atoms with E-state index in [2.05, 4.69) is 4.98 Å². The van der Waals surface area contributed by atoms with Crippen molar-refractivity contribution in [2.75, 3.05) is 20.2 Å². The van der Waals surface area contributed by atoms with Crippen LogP contribution in [-0.4, -0.2) is 46.7 Å². The highest BCUT2D eigenvalue weighted by Crippen LogP contribution is 2.39. The molecule has 1 aromatic heterocycles. The van der Waals surface area contributed by atoms with Crippen molar-refractivity contribution in [3.05, 3.63) is 24.0 Å². The van der Waals surface area contributed by atoms with Crippen LogP contribution >= 0.6 is 0 Å². The molecule has 5 heteroatoms. The SMILES string of the molecule is COc1cncc(CCC(=O)N2CCC3(O)CCCCC3C2)c1. The zero-order chi connectivity index (χ0) is 16.3. The summed E-state index contributed by atoms with van der Waals surface area (Å²) >= 11 is 0. The van der Waals surface area contributed by atoms with Gasteiger partial charge in [0.25, 0.3) is 0 Å². The van der Waals surface area contributed by atoms with Crippen LogP contribution in [0.2, 0.25) is 0 Å². The van der Waals surface area contributed by atoms with E-state index in [1.807, 2.05) is 11.0 Å². The highest BCUT2D eigenvalue weighted by molar-refractivity contribution is 5.76. The van der Waals surface area contributed by atoms with Gasteiger partial charge >= 0.3 is 0 Å². The van der Waals surface area contributed by atoms with E-state index in [1.54, 1.807) is 19.5 Å². The quantitative estimate of drug-likeness (QED) is 0.924. The lowest BCUT2D eigenvalue weighted by molar-refractivity contribution is -0.143. The molecular weight excluding hydrogens is 292 g/mol. The summed E-state index contributed by atoms with van der Waals surface area (Å²) in [5.74, 6) is 1.16. The molecule has 5 nitrogen and oxygen atoms in total. The minimum Gasteiger partial charge on any atom is -0.495 e. The number of aliphatic hydroxyl groups is 1. The topological polar surface area (TPSA) is 62.7 Å². The molecule has 0 bridgehead atoms. The Bertz CT molecular complexity index is 563. The summed E-state index contributed by atoms with van der Waals surface area (Å²) in [6.45, 7) is 1.40. The Morgan fingerprint density at radius 3 is 3.13 bits per heavy atom. The van der Waals surface area contributed by atoms with Crippen LogP contribution < -0.4 is 4.74 Å². The molecule has 1 aromatic rings. The lowest BCUT2D eigenvalue weighted by Gasteiger charge is -2.47. The average molecular weight is 318 g/mol. The van der Waals surface area contributed by atoms with Crippen molar-refractivity contribution >= 4 is 5.91 Å². The summed E-state index contributed by atoms with van der Waals surface area (Å²) < 4.78 is 5.16. The van der Waals surface area contributed by atoms with Crippen LogP contribution in [0.4, 0.5) is 0 Å². The van der Waals surface area contributed by atoms with Crippen molar-refractivity contribution in [1.29, 1.82) is 0 Å². The molecule has 0 aromatic carbocycles. The summed E-state index contributed by atoms with van der Waals surface area (Å²) in [5, 5.41) is 10.7. The van der Waals surface area contributed by atoms with Gasteiger partial charge in [-0.3, -0.25) is 9.78 Å². The number of hydrogen-bond donors (Lipinski definition) is 1. The highest BCUT2D eigenvalue weighted by Gasteiger charge is 2.43. The Hall–Kier alpha value is -1.62. The van der Waals surface area contributed by atoms with Gasteiger partial charge in [0.15, 0.2) is 0 Å². The number of carbonyl (C=O) groups is 1. The van der Waals surface area contributed by atoms with Crippen LogP contribution in [-0.2, 0) is 11.2 Å². The fourth-order valence-corrected chi connectivity index (χ4v) is 3.92. The number of amides is 1. The average Bonchev–Trinajstić information content (AvgIpc) is 2.59. The Morgan fingerprint density at radius 2 is 2.30 bits per heavy atom. The van der Waals surface area contributed by atoms with Gasteiger partial charge in [0.2, 0.25) is 5.91 Å². The van der Waals surface area contributed by atoms with E-state index in [0.717, 1.165) is 37.0 Å². The fraction of sp³-hybridized carbons (Fsp3) is 0.667. The van der Waals surface area contributed by atoms with Crippen molar-refractivity contribution < 1.29 is 14.6 Å². The summed E-state index contributed by atoms with van der Waals surface area (Å²) in [6.07, 6.45) is 9.56. The summed E-state index contributed by atoms with van der Waals surface area (Å²) in [4.78, 5) is 18.6. The third-order valence-corrected chi connectivity index (χ3v) is 5.41. The first-order valence-corrected chi connectivity index (χ1v) is 8.59. The molecular formula is C18H26N2O3. The number of aromatic nitrogens is 1. The van der Waals surface area contributed by atoms with Gasteiger partial charge in [-0.2, -0.15) is 0 Å². The molecule has 1 saturated heterocycles. The molecule has 2 unspecified atom stereocenters. The van der Waals surface area contributed by atoms with Crippen molar-refractivity contribution in [3.63, 3.8) is 0 Å². The van der Waals surface area contributed by atoms with E-state index < -0.39 is 5.60 Å². The molecule has 2 fully saturated rings. The predicted molar refractivity (Wildman–Crippen MR) is 87.2 cm³/mol. The minimum atomic E-state index is -0.522. The second-order valence-corrected chi connectivity index (χ2v) is 6.87. The highest BCUT2D eigenvalue weighted by atomic mass is 16.5. The monoisotopic (exact) mass is 318 g/mol. The molecule has 2 heterocycles. The van der Waals surface area contributed by atoms with Crippen molar-refractivity contribution in [3.8, 4) is 5.75 Å². The van der Waals surface area contributed by atoms with Crippen molar-refractivity contribution in [2.45, 2.75) is 50.5 Å². The number of aryl methyl sites for hydroxylation is 1. The van der Waals surface area contributed by atoms with Crippen LogP contribution in [0, 0.1) is 5.92 Å². The molecule has 2 atom stereocenters. The first-order chi connectivity index (χ1) is 11.1. The zero-order valence-electron chi connectivity index (χ0n) is 13.8. The minimum absolute atomic E-state index is 0.181. The molecule has 126 valence electrons. The number of hydrogen-bond acceptors (Lipinski definition) is 4. The number of carbonyl (C=O) groups excluding carboxylic acids is 1. The number of ether oxygens (including phenoxy) is 1. The largest absolute Gasteiger partial charge is 0.495 e. The molecule has 1 aliphatic heterocycles. The van der Waals surface area contributed by atoms with Gasteiger partial charge in [-0.15, -0.1) is 0 Å². The van der Waals surface area contributed by atoms with Gasteiger partial charge in [-0.1, -0.05) is 12.8 Å². The third kappa shape index (κ3) is 3.66. The zero-order valence-corrected chi connectivity index (χ0v) is 13.8.